The molecule has 0 N–H and O–H groups in total. The summed E-state index contributed by atoms with van der Waals surface area (Å²) in [4.78, 5) is 33.0. The number of nitrogens with zero attached hydrogens (tertiary/aromatic N) is 3. The zero-order chi connectivity index (χ0) is 25.3. The number of hydrogen-bond donors (Lipinski definition) is 0. The first-order valence-electron chi connectivity index (χ1n) is 11.4. The molecule has 4 rings (SSSR count). The molecule has 0 radical (unpaired) electrons. The lowest BCUT2D eigenvalue weighted by Crippen LogP contribution is -2.56. The van der Waals surface area contributed by atoms with Crippen molar-refractivity contribution in [3.05, 3.63) is 77.4 Å². The van der Waals surface area contributed by atoms with Gasteiger partial charge in [0.2, 0.25) is 5.91 Å². The fraction of sp³-hybridized carbons (Fsp3) is 0.286. The van der Waals surface area contributed by atoms with Crippen LogP contribution in [-0.2, 0) is 9.59 Å². The second-order valence-corrected chi connectivity index (χ2v) is 8.90. The molecule has 35 heavy (non-hydrogen) atoms. The standard InChI is InChI=1S/C28H31N3O4/c1-18-7-13-23(19(2)15-18)31-26(32)17-30(24-16-22(34-5)12-14-25(24)35-6)28(33)27(31)20-8-10-21(11-9-20)29(3)4/h7-16,27H,17H2,1-6H3. The summed E-state index contributed by atoms with van der Waals surface area (Å²) >= 11 is 0. The number of ether oxygens (including phenoxy) is 2. The Hall–Kier alpha value is -4.00. The minimum Gasteiger partial charge on any atom is -0.497 e. The van der Waals surface area contributed by atoms with Crippen molar-refractivity contribution in [1.82, 2.24) is 0 Å². The Labute approximate surface area is 206 Å². The number of carbonyl (C=O) groups is 2. The largest absolute Gasteiger partial charge is 0.497 e. The highest BCUT2D eigenvalue weighted by molar-refractivity contribution is 6.15. The predicted octanol–water partition coefficient (Wildman–Crippen LogP) is 4.51. The van der Waals surface area contributed by atoms with Gasteiger partial charge in [0, 0.05) is 31.5 Å². The van der Waals surface area contributed by atoms with Crippen molar-refractivity contribution in [1.29, 1.82) is 0 Å². The van der Waals surface area contributed by atoms with Crippen molar-refractivity contribution in [2.24, 2.45) is 0 Å². The molecular formula is C28H31N3O4. The van der Waals surface area contributed by atoms with Crippen LogP contribution >= 0.6 is 0 Å². The van der Waals surface area contributed by atoms with Crippen molar-refractivity contribution in [3.63, 3.8) is 0 Å². The molecule has 1 fully saturated rings. The Morgan fingerprint density at radius 3 is 2.17 bits per heavy atom. The number of aryl methyl sites for hydroxylation is 2. The van der Waals surface area contributed by atoms with Crippen LogP contribution in [0.25, 0.3) is 0 Å². The van der Waals surface area contributed by atoms with Crippen molar-refractivity contribution in [2.45, 2.75) is 19.9 Å². The predicted molar refractivity (Wildman–Crippen MR) is 139 cm³/mol. The number of piperazine rings is 1. The highest BCUT2D eigenvalue weighted by Crippen LogP contribution is 2.40. The van der Waals surface area contributed by atoms with Gasteiger partial charge in [-0.3, -0.25) is 19.4 Å². The Kier molecular flexibility index (Phi) is 6.69. The van der Waals surface area contributed by atoms with Crippen LogP contribution in [-0.4, -0.2) is 46.7 Å². The molecule has 0 aromatic heterocycles. The zero-order valence-electron chi connectivity index (χ0n) is 21.0. The van der Waals surface area contributed by atoms with E-state index < -0.39 is 6.04 Å². The summed E-state index contributed by atoms with van der Waals surface area (Å²) in [6.07, 6.45) is 0. The molecule has 3 aromatic carbocycles. The van der Waals surface area contributed by atoms with Gasteiger partial charge >= 0.3 is 0 Å². The van der Waals surface area contributed by atoms with E-state index in [2.05, 4.69) is 0 Å². The number of carbonyl (C=O) groups excluding carboxylic acids is 2. The van der Waals surface area contributed by atoms with Gasteiger partial charge < -0.3 is 14.4 Å². The van der Waals surface area contributed by atoms with E-state index in [1.54, 1.807) is 37.3 Å². The van der Waals surface area contributed by atoms with Crippen LogP contribution in [0.5, 0.6) is 11.5 Å². The maximum absolute atomic E-state index is 14.1. The van der Waals surface area contributed by atoms with E-state index in [4.69, 9.17) is 9.47 Å². The zero-order valence-corrected chi connectivity index (χ0v) is 21.0. The summed E-state index contributed by atoms with van der Waals surface area (Å²) in [5.74, 6) is 0.676. The molecule has 0 saturated carbocycles. The van der Waals surface area contributed by atoms with E-state index >= 15 is 0 Å². The lowest BCUT2D eigenvalue weighted by Gasteiger charge is -2.41. The minimum absolute atomic E-state index is 0.109. The molecule has 7 heteroatoms. The van der Waals surface area contributed by atoms with E-state index in [-0.39, 0.29) is 18.4 Å². The first-order chi connectivity index (χ1) is 16.7. The van der Waals surface area contributed by atoms with Crippen molar-refractivity contribution in [2.75, 3.05) is 49.6 Å². The van der Waals surface area contributed by atoms with Crippen LogP contribution in [0.2, 0.25) is 0 Å². The van der Waals surface area contributed by atoms with Crippen molar-refractivity contribution < 1.29 is 19.1 Å². The van der Waals surface area contributed by atoms with Crippen LogP contribution in [0.15, 0.2) is 60.7 Å². The maximum Gasteiger partial charge on any atom is 0.255 e. The molecule has 7 nitrogen and oxygen atoms in total. The third-order valence-electron chi connectivity index (χ3n) is 6.33. The fourth-order valence-electron chi connectivity index (χ4n) is 4.50. The molecule has 0 aliphatic carbocycles. The summed E-state index contributed by atoms with van der Waals surface area (Å²) in [6, 6.07) is 18.0. The van der Waals surface area contributed by atoms with E-state index in [0.717, 1.165) is 28.1 Å². The number of amides is 2. The van der Waals surface area contributed by atoms with Gasteiger partial charge in [-0.2, -0.15) is 0 Å². The van der Waals surface area contributed by atoms with Crippen LogP contribution in [0.3, 0.4) is 0 Å². The lowest BCUT2D eigenvalue weighted by molar-refractivity contribution is -0.128. The summed E-state index contributed by atoms with van der Waals surface area (Å²) in [6.45, 7) is 3.86. The quantitative estimate of drug-likeness (QED) is 0.527. The van der Waals surface area contributed by atoms with Crippen LogP contribution in [0, 0.1) is 13.8 Å². The van der Waals surface area contributed by atoms with Crippen LogP contribution in [0.1, 0.15) is 22.7 Å². The van der Waals surface area contributed by atoms with Crippen LogP contribution < -0.4 is 24.2 Å². The molecule has 2 amide bonds. The highest BCUT2D eigenvalue weighted by atomic mass is 16.5. The van der Waals surface area contributed by atoms with E-state index in [1.165, 1.54) is 4.90 Å². The van der Waals surface area contributed by atoms with Gasteiger partial charge in [-0.1, -0.05) is 29.8 Å². The highest BCUT2D eigenvalue weighted by Gasteiger charge is 2.43. The lowest BCUT2D eigenvalue weighted by atomic mass is 9.97. The fourth-order valence-corrected chi connectivity index (χ4v) is 4.50. The molecular weight excluding hydrogens is 442 g/mol. The van der Waals surface area contributed by atoms with Gasteiger partial charge in [-0.25, -0.2) is 0 Å². The number of rotatable bonds is 6. The summed E-state index contributed by atoms with van der Waals surface area (Å²) in [5, 5.41) is 0. The SMILES string of the molecule is COc1ccc(OC)c(N2CC(=O)N(c3ccc(C)cc3C)C(c3ccc(N(C)C)cc3)C2=O)c1. The van der Waals surface area contributed by atoms with Gasteiger partial charge in [0.25, 0.3) is 5.91 Å². The number of benzene rings is 3. The van der Waals surface area contributed by atoms with Crippen molar-refractivity contribution >= 4 is 28.9 Å². The third kappa shape index (κ3) is 4.54. The molecule has 1 unspecified atom stereocenters. The smallest absolute Gasteiger partial charge is 0.255 e. The topological polar surface area (TPSA) is 62.3 Å². The van der Waals surface area contributed by atoms with E-state index in [0.29, 0.717) is 17.2 Å². The molecule has 1 atom stereocenters. The molecule has 1 aliphatic rings. The molecule has 1 aliphatic heterocycles. The average Bonchev–Trinajstić information content (AvgIpc) is 2.85. The Morgan fingerprint density at radius 1 is 0.857 bits per heavy atom. The van der Waals surface area contributed by atoms with Gasteiger partial charge in [0.05, 0.1) is 19.9 Å². The summed E-state index contributed by atoms with van der Waals surface area (Å²) < 4.78 is 10.9. The first kappa shape index (κ1) is 24.1. The average molecular weight is 474 g/mol. The van der Waals surface area contributed by atoms with Crippen LogP contribution in [0.4, 0.5) is 17.1 Å². The number of anilines is 3. The molecule has 0 spiro atoms. The third-order valence-corrected chi connectivity index (χ3v) is 6.33. The Balaban J connectivity index is 1.86. The molecule has 0 bridgehead atoms. The van der Waals surface area contributed by atoms with E-state index in [9.17, 15) is 9.59 Å². The van der Waals surface area contributed by atoms with Gasteiger partial charge in [0.1, 0.15) is 24.1 Å². The van der Waals surface area contributed by atoms with Gasteiger partial charge in [-0.15, -0.1) is 0 Å². The number of hydrogen-bond acceptors (Lipinski definition) is 5. The van der Waals surface area contributed by atoms with Gasteiger partial charge in [-0.05, 0) is 55.3 Å². The monoisotopic (exact) mass is 473 g/mol. The van der Waals surface area contributed by atoms with E-state index in [1.807, 2.05) is 75.3 Å². The van der Waals surface area contributed by atoms with Crippen molar-refractivity contribution in [3.8, 4) is 11.5 Å². The summed E-state index contributed by atoms with van der Waals surface area (Å²) in [5.41, 5.74) is 5.01. The summed E-state index contributed by atoms with van der Waals surface area (Å²) in [7, 11) is 7.03. The van der Waals surface area contributed by atoms with Gasteiger partial charge in [0.15, 0.2) is 0 Å². The minimum atomic E-state index is -0.829. The second-order valence-electron chi connectivity index (χ2n) is 8.90. The maximum atomic E-state index is 14.1. The first-order valence-corrected chi connectivity index (χ1v) is 11.4. The Bertz CT molecular complexity index is 1250. The molecule has 182 valence electrons. The Morgan fingerprint density at radius 2 is 1.57 bits per heavy atom. The molecule has 1 heterocycles. The second kappa shape index (κ2) is 9.70. The molecule has 3 aromatic rings. The molecule has 1 saturated heterocycles. The normalized spacial score (nSPS) is 15.9. The number of methoxy groups -OCH3 is 2.